The zero-order valence-corrected chi connectivity index (χ0v) is 71.0. The molecule has 6 heterocycles. The Hall–Kier alpha value is -11.4. The van der Waals surface area contributed by atoms with E-state index in [0.29, 0.717) is 90.0 Å². The fraction of sp³-hybridized carbons (Fsp3) is 0.198. The summed E-state index contributed by atoms with van der Waals surface area (Å²) >= 11 is 4.55. The monoisotopic (exact) mass is 1790 g/mol. The smallest absolute Gasteiger partial charge is 1.00 e. The summed E-state index contributed by atoms with van der Waals surface area (Å²) in [6.45, 7) is 12.1. The molecule has 0 aliphatic carbocycles. The third-order valence-corrected chi connectivity index (χ3v) is 17.8. The number of phenolic OH excluding ortho intramolecular Hbond substituents is 1. The molecular weight excluding hydrogens is 1710 g/mol. The molecule has 0 bridgehead atoms. The van der Waals surface area contributed by atoms with Crippen LogP contribution in [0.4, 0.5) is 34.1 Å². The third kappa shape index (κ3) is 21.7. The average molecular weight is 1790 g/mol. The van der Waals surface area contributed by atoms with Crippen LogP contribution in [0, 0.1) is 20.8 Å². The summed E-state index contributed by atoms with van der Waals surface area (Å²) in [6.07, 6.45) is 7.44. The first-order valence-electron chi connectivity index (χ1n) is 35.8. The van der Waals surface area contributed by atoms with Gasteiger partial charge >= 0.3 is 47.5 Å². The van der Waals surface area contributed by atoms with E-state index in [1.165, 1.54) is 90.5 Å². The van der Waals surface area contributed by atoms with Crippen molar-refractivity contribution in [3.05, 3.63) is 284 Å². The van der Waals surface area contributed by atoms with Gasteiger partial charge in [-0.2, -0.15) is 0 Å². The van der Waals surface area contributed by atoms with Gasteiger partial charge in [-0.3, -0.25) is 28.8 Å². The van der Waals surface area contributed by atoms with Crippen molar-refractivity contribution in [1.29, 1.82) is 0 Å². The summed E-state index contributed by atoms with van der Waals surface area (Å²) in [6, 6.07) is 48.6. The molecule has 592 valence electrons. The van der Waals surface area contributed by atoms with E-state index in [2.05, 4.69) is 75.0 Å². The summed E-state index contributed by atoms with van der Waals surface area (Å²) in [5.74, 6) is -3.51. The normalized spacial score (nSPS) is 10.6. The van der Waals surface area contributed by atoms with Gasteiger partial charge in [0.05, 0.1) is 104 Å². The number of aromatic hydroxyl groups is 1. The molecule has 3 amide bonds. The number of hydrogen-bond acceptors (Lipinski definition) is 20. The molecule has 6 aromatic heterocycles. The van der Waals surface area contributed by atoms with Crippen molar-refractivity contribution in [3.63, 3.8) is 0 Å². The van der Waals surface area contributed by atoms with Crippen LogP contribution < -0.4 is 72.2 Å². The van der Waals surface area contributed by atoms with Gasteiger partial charge in [-0.15, -0.1) is 0 Å². The number of amides is 3. The number of benzene rings is 6. The Kier molecular flexibility index (Phi) is 33.1. The minimum Gasteiger partial charge on any atom is -1.00 e. The van der Waals surface area contributed by atoms with Crippen LogP contribution in [0.25, 0.3) is 16.6 Å². The van der Waals surface area contributed by atoms with E-state index < -0.39 is 35.6 Å². The number of phenols is 1. The molecule has 0 fully saturated rings. The van der Waals surface area contributed by atoms with E-state index in [1.54, 1.807) is 168 Å². The summed E-state index contributed by atoms with van der Waals surface area (Å²) in [4.78, 5) is 118. The molecule has 12 aromatic rings. The minimum atomic E-state index is -0.667. The second-order valence-corrected chi connectivity index (χ2v) is 29.7. The summed E-state index contributed by atoms with van der Waals surface area (Å²) < 4.78 is 43.3. The zero-order valence-electron chi connectivity index (χ0n) is 65.7. The van der Waals surface area contributed by atoms with Gasteiger partial charge in [0.2, 0.25) is 17.3 Å². The van der Waals surface area contributed by atoms with Crippen LogP contribution in [-0.2, 0) is 23.7 Å². The average Bonchev–Trinajstić information content (AvgIpc) is 1.62. The minimum absolute atomic E-state index is 0. The first-order valence-corrected chi connectivity index (χ1v) is 38.8. The Morgan fingerprint density at radius 2 is 0.696 bits per heavy atom. The van der Waals surface area contributed by atoms with Gasteiger partial charge in [0.25, 0.3) is 17.7 Å². The SMILES string of the molecule is CCCOCCC.COC(=O)c1cc(C(=O)c2c(C)c(NC(=O)c3cccc(O)c3)c3ccccn23)ccc1N.COC(=O)c1cc(C(=O)c2c(C)c(NC(=O)c3cccc(OCCOCCOc4cccc(C(=O)Nc5c(C)c(C(=O)c6ccc(N)c(C(=O)OC)c6)n6ccccc56)c4)c3)c3ccccn23)ccc1N.ICI.[H-].[Na+]. The van der Waals surface area contributed by atoms with Crippen LogP contribution >= 0.6 is 45.2 Å². The maximum Gasteiger partial charge on any atom is 1.00 e. The largest absolute Gasteiger partial charge is 1.00 e. The Balaban J connectivity index is 0.000000342. The maximum atomic E-state index is 13.9. The van der Waals surface area contributed by atoms with Gasteiger partial charge in [0.1, 0.15) is 30.5 Å². The standard InChI is InChI=1S/C54H48N6O11.C25H21N3O5.C6H14O.CH2I2.Na.H/c1-31-45(43-15-5-7-21-59(43)47(31)49(61)33-17-19-41(55)39(29-33)53(65)67-3)57-51(63)35-11-9-13-37(27-35)70-25-23-69-24-26-71-38-14-10-12-36(28-38)52(64)58-46-32(2)48(60-22-8-6-16-44(46)60)50(62)34-18-20-42(56)40(30-34)54(66)68-4;1-14-21(27-24(31)16-6-5-7-17(29)12-16)20-8-3-4-11-28(20)22(14)23(30)15-9-10-19(26)18(13-15)25(32)33-2;1-3-5-7-6-4-2;2-1-3;;/h5-22,27-30H,23-26,55-56H2,1-4H3,(H,57,63)(H,58,64);3-13,29H,26H2,1-2H3,(H,27,31);3-6H2,1-2H3;1H2;;/q;;;;+1;-1. The van der Waals surface area contributed by atoms with Gasteiger partial charge in [0, 0.05) is 98.9 Å². The van der Waals surface area contributed by atoms with Gasteiger partial charge in [-0.25, -0.2) is 14.4 Å². The van der Waals surface area contributed by atoms with Crippen LogP contribution in [0.5, 0.6) is 17.2 Å². The number of halogens is 2. The van der Waals surface area contributed by atoms with Crippen molar-refractivity contribution in [1.82, 2.24) is 13.2 Å². The van der Waals surface area contributed by atoms with Crippen molar-refractivity contribution in [3.8, 4) is 17.2 Å². The summed E-state index contributed by atoms with van der Waals surface area (Å²) in [5.41, 5.74) is 25.9. The molecule has 10 N–H and O–H groups in total. The van der Waals surface area contributed by atoms with Gasteiger partial charge < -0.3 is 86.0 Å². The molecular formula is C86H86I2N9NaO17. The number of nitrogen functional groups attached to an aromatic ring is 3. The Morgan fingerprint density at radius 1 is 0.391 bits per heavy atom. The van der Waals surface area contributed by atoms with Crippen LogP contribution in [-0.4, -0.2) is 135 Å². The first kappa shape index (κ1) is 89.2. The van der Waals surface area contributed by atoms with Crippen molar-refractivity contribution < 1.29 is 112 Å². The van der Waals surface area contributed by atoms with Crippen molar-refractivity contribution in [2.45, 2.75) is 47.5 Å². The van der Waals surface area contributed by atoms with Crippen molar-refractivity contribution in [2.24, 2.45) is 0 Å². The number of methoxy groups -OCH3 is 3. The van der Waals surface area contributed by atoms with E-state index in [-0.39, 0.29) is 137 Å². The number of ether oxygens (including phenoxy) is 7. The topological polar surface area (TPSA) is 366 Å². The molecule has 0 atom stereocenters. The number of pyridine rings is 3. The molecule has 115 heavy (non-hydrogen) atoms. The number of alkyl halides is 2. The Labute approximate surface area is 714 Å². The number of nitrogens with two attached hydrogens (primary N) is 3. The van der Waals surface area contributed by atoms with E-state index in [9.17, 15) is 48.3 Å². The number of ketones is 3. The molecule has 12 rings (SSSR count). The molecule has 26 nitrogen and oxygen atoms in total. The zero-order chi connectivity index (χ0) is 82.3. The number of carbonyl (C=O) groups excluding carboxylic acids is 9. The van der Waals surface area contributed by atoms with Gasteiger partial charge in [0.15, 0.2) is 0 Å². The summed E-state index contributed by atoms with van der Waals surface area (Å²) in [7, 11) is 3.70. The number of hydrogen-bond donors (Lipinski definition) is 7. The second kappa shape index (κ2) is 42.6. The van der Waals surface area contributed by atoms with Gasteiger partial charge in [-0.1, -0.05) is 95.4 Å². The number of aromatic nitrogens is 3. The predicted molar refractivity (Wildman–Crippen MR) is 455 cm³/mol. The van der Waals surface area contributed by atoms with Crippen LogP contribution in [0.1, 0.15) is 155 Å². The molecule has 0 spiro atoms. The van der Waals surface area contributed by atoms with Crippen molar-refractivity contribution in [2.75, 3.05) is 96.6 Å². The number of rotatable bonds is 27. The van der Waals surface area contributed by atoms with E-state index in [4.69, 9.17) is 50.4 Å². The quantitative estimate of drug-likeness (QED) is 0.00367. The molecule has 0 aliphatic heterocycles. The Bertz CT molecular complexity index is 5360. The Morgan fingerprint density at radius 3 is 1.00 bits per heavy atom. The molecule has 0 unspecified atom stereocenters. The van der Waals surface area contributed by atoms with Gasteiger partial charge in [-0.05, 0) is 179 Å². The predicted octanol–water partition coefficient (Wildman–Crippen LogP) is 12.5. The molecule has 0 saturated carbocycles. The maximum absolute atomic E-state index is 13.9. The number of nitrogens with one attached hydrogen (secondary N) is 3. The molecule has 0 saturated heterocycles. The number of anilines is 6. The molecule has 6 aromatic carbocycles. The number of nitrogens with zero attached hydrogens (tertiary/aromatic N) is 3. The van der Waals surface area contributed by atoms with E-state index >= 15 is 0 Å². The fourth-order valence-corrected chi connectivity index (χ4v) is 12.3. The molecule has 29 heteroatoms. The van der Waals surface area contributed by atoms with E-state index in [0.717, 1.165) is 26.1 Å². The summed E-state index contributed by atoms with van der Waals surface area (Å²) in [5, 5.41) is 18.5. The van der Waals surface area contributed by atoms with E-state index in [1.807, 2.05) is 0 Å². The van der Waals surface area contributed by atoms with Crippen molar-refractivity contribution >= 4 is 149 Å². The first-order chi connectivity index (χ1) is 54.9. The number of esters is 3. The van der Waals surface area contributed by atoms with Crippen LogP contribution in [0.2, 0.25) is 0 Å². The molecule has 0 radical (unpaired) electrons. The number of fused-ring (bicyclic) bond motifs is 3. The molecule has 0 aliphatic rings. The number of carbonyl (C=O) groups is 9. The second-order valence-electron chi connectivity index (χ2n) is 25.3. The van der Waals surface area contributed by atoms with Crippen LogP contribution in [0.15, 0.2) is 201 Å². The fourth-order valence-electron chi connectivity index (χ4n) is 12.3. The van der Waals surface area contributed by atoms with Crippen LogP contribution in [0.3, 0.4) is 0 Å². The third-order valence-electron chi connectivity index (χ3n) is 17.8.